The molecule has 0 bridgehead atoms. The average molecular weight is 411 g/mol. The summed E-state index contributed by atoms with van der Waals surface area (Å²) in [5, 5.41) is 11.2. The molecule has 1 atom stereocenters. The van der Waals surface area contributed by atoms with Crippen LogP contribution >= 0.6 is 0 Å². The fraction of sp³-hybridized carbons (Fsp3) is 0.318. The number of benzene rings is 2. The lowest BCUT2D eigenvalue weighted by atomic mass is 10.00. The highest BCUT2D eigenvalue weighted by molar-refractivity contribution is 5.77. The lowest BCUT2D eigenvalue weighted by Gasteiger charge is -2.24. The number of carbonyl (C=O) groups is 1. The Kier molecular flexibility index (Phi) is 5.59. The van der Waals surface area contributed by atoms with Crippen LogP contribution in [0.5, 0.6) is 0 Å². The zero-order chi connectivity index (χ0) is 21.3. The minimum absolute atomic E-state index is 0.0696. The Bertz CT molecular complexity index is 1080. The van der Waals surface area contributed by atoms with Crippen molar-refractivity contribution in [2.24, 2.45) is 0 Å². The van der Waals surface area contributed by atoms with E-state index < -0.39 is 11.6 Å². The molecule has 1 aliphatic heterocycles. The summed E-state index contributed by atoms with van der Waals surface area (Å²) in [6, 6.07) is 9.96. The van der Waals surface area contributed by atoms with E-state index >= 15 is 0 Å². The Morgan fingerprint density at radius 3 is 2.80 bits per heavy atom. The molecule has 6 nitrogen and oxygen atoms in total. The summed E-state index contributed by atoms with van der Waals surface area (Å²) >= 11 is 0. The molecule has 1 N–H and O–H groups in total. The molecule has 3 aromatic rings. The van der Waals surface area contributed by atoms with E-state index in [-0.39, 0.29) is 24.8 Å². The molecular weight excluding hydrogens is 388 g/mol. The van der Waals surface area contributed by atoms with Gasteiger partial charge in [0.1, 0.15) is 18.0 Å². The van der Waals surface area contributed by atoms with E-state index in [1.165, 1.54) is 6.07 Å². The first-order chi connectivity index (χ1) is 14.5. The van der Waals surface area contributed by atoms with Gasteiger partial charge in [-0.2, -0.15) is 0 Å². The maximum Gasteiger partial charge on any atom is 0.224 e. The van der Waals surface area contributed by atoms with Crippen molar-refractivity contribution in [1.82, 2.24) is 25.0 Å². The quantitative estimate of drug-likeness (QED) is 0.701. The number of likely N-dealkylation sites (N-methyl/N-ethyl adjacent to an activating group) is 1. The van der Waals surface area contributed by atoms with E-state index in [2.05, 4.69) is 15.5 Å². The number of aromatic nitrogens is 3. The number of nitrogens with one attached hydrogen (secondary N) is 1. The number of para-hydroxylation sites is 1. The zero-order valence-corrected chi connectivity index (χ0v) is 16.9. The van der Waals surface area contributed by atoms with Crippen molar-refractivity contribution in [2.75, 3.05) is 7.05 Å². The third kappa shape index (κ3) is 3.95. The van der Waals surface area contributed by atoms with E-state index in [1.807, 2.05) is 28.8 Å². The van der Waals surface area contributed by atoms with Crippen LogP contribution in [-0.4, -0.2) is 38.7 Å². The number of hydrogen-bond donors (Lipinski definition) is 1. The molecule has 156 valence electrons. The lowest BCUT2D eigenvalue weighted by Crippen LogP contribution is -2.37. The molecule has 1 amide bonds. The van der Waals surface area contributed by atoms with Crippen molar-refractivity contribution in [3.8, 4) is 5.69 Å². The first-order valence-corrected chi connectivity index (χ1v) is 9.83. The van der Waals surface area contributed by atoms with Crippen molar-refractivity contribution in [3.63, 3.8) is 0 Å². The van der Waals surface area contributed by atoms with Gasteiger partial charge in [-0.15, -0.1) is 10.2 Å². The molecule has 0 aliphatic carbocycles. The van der Waals surface area contributed by atoms with Crippen LogP contribution in [0.1, 0.15) is 28.9 Å². The summed E-state index contributed by atoms with van der Waals surface area (Å²) in [6.07, 6.45) is 2.12. The maximum absolute atomic E-state index is 14.2. The second-order valence-corrected chi connectivity index (χ2v) is 7.58. The Hall–Kier alpha value is -3.13. The standard InChI is InChI=1S/C22H23F2N5O/c1-14-7-16(19(24)10-18(14)23)8-17(25-2)9-22(30)28-11-15-5-3-4-6-20(15)29-13-26-27-21(29)12-28/h3-7,10,13,17,25H,8-9,11-12H2,1-2H3/t17-/m1/s1. The number of carbonyl (C=O) groups excluding carboxylic acids is 1. The van der Waals surface area contributed by atoms with Gasteiger partial charge in [0, 0.05) is 25.1 Å². The van der Waals surface area contributed by atoms with Crippen molar-refractivity contribution >= 4 is 5.91 Å². The highest BCUT2D eigenvalue weighted by Crippen LogP contribution is 2.24. The summed E-state index contributed by atoms with van der Waals surface area (Å²) in [6.45, 7) is 2.40. The van der Waals surface area contributed by atoms with Gasteiger partial charge < -0.3 is 10.2 Å². The number of aryl methyl sites for hydroxylation is 1. The topological polar surface area (TPSA) is 63.1 Å². The van der Waals surface area contributed by atoms with Gasteiger partial charge in [0.05, 0.1) is 12.2 Å². The molecule has 0 radical (unpaired) electrons. The predicted octanol–water partition coefficient (Wildman–Crippen LogP) is 2.92. The fourth-order valence-corrected chi connectivity index (χ4v) is 3.81. The number of halogens is 2. The van der Waals surface area contributed by atoms with Crippen LogP contribution in [0.3, 0.4) is 0 Å². The Morgan fingerprint density at radius 2 is 2.00 bits per heavy atom. The molecule has 1 aliphatic rings. The van der Waals surface area contributed by atoms with Gasteiger partial charge in [0.25, 0.3) is 0 Å². The van der Waals surface area contributed by atoms with Crippen LogP contribution in [0.4, 0.5) is 8.78 Å². The molecule has 2 aromatic carbocycles. The van der Waals surface area contributed by atoms with Gasteiger partial charge in [0.15, 0.2) is 5.82 Å². The lowest BCUT2D eigenvalue weighted by molar-refractivity contribution is -0.133. The van der Waals surface area contributed by atoms with E-state index in [1.54, 1.807) is 25.2 Å². The number of nitrogens with zero attached hydrogens (tertiary/aromatic N) is 4. The Labute approximate surface area is 173 Å². The highest BCUT2D eigenvalue weighted by atomic mass is 19.1. The van der Waals surface area contributed by atoms with E-state index in [9.17, 15) is 13.6 Å². The van der Waals surface area contributed by atoms with Crippen molar-refractivity contribution in [3.05, 3.63) is 76.9 Å². The normalized spacial score (nSPS) is 14.1. The van der Waals surface area contributed by atoms with Crippen molar-refractivity contribution < 1.29 is 13.6 Å². The van der Waals surface area contributed by atoms with E-state index in [0.717, 1.165) is 17.3 Å². The SMILES string of the molecule is CN[C@@H](CC(=O)N1Cc2ccccc2-n2cnnc2C1)Cc1cc(C)c(F)cc1F. The third-order valence-corrected chi connectivity index (χ3v) is 5.54. The van der Waals surface area contributed by atoms with Gasteiger partial charge in [-0.25, -0.2) is 8.78 Å². The molecule has 0 spiro atoms. The molecular formula is C22H23F2N5O. The molecule has 0 fully saturated rings. The Balaban J connectivity index is 1.52. The van der Waals surface area contributed by atoms with Gasteiger partial charge >= 0.3 is 0 Å². The van der Waals surface area contributed by atoms with E-state index in [0.29, 0.717) is 30.0 Å². The monoisotopic (exact) mass is 411 g/mol. The molecule has 1 aromatic heterocycles. The van der Waals surface area contributed by atoms with Crippen LogP contribution in [0, 0.1) is 18.6 Å². The highest BCUT2D eigenvalue weighted by Gasteiger charge is 2.26. The summed E-state index contributed by atoms with van der Waals surface area (Å²) in [7, 11) is 1.74. The molecule has 2 heterocycles. The van der Waals surface area contributed by atoms with Crippen LogP contribution in [0.15, 0.2) is 42.7 Å². The van der Waals surface area contributed by atoms with Crippen LogP contribution in [-0.2, 0) is 24.3 Å². The molecule has 0 saturated heterocycles. The first-order valence-electron chi connectivity index (χ1n) is 9.83. The first kappa shape index (κ1) is 20.2. The van der Waals surface area contributed by atoms with Crippen LogP contribution < -0.4 is 5.32 Å². The molecule has 30 heavy (non-hydrogen) atoms. The Morgan fingerprint density at radius 1 is 1.20 bits per heavy atom. The maximum atomic E-state index is 14.2. The smallest absolute Gasteiger partial charge is 0.224 e. The summed E-state index contributed by atoms with van der Waals surface area (Å²) < 4.78 is 29.6. The van der Waals surface area contributed by atoms with Crippen molar-refractivity contribution in [1.29, 1.82) is 0 Å². The second kappa shape index (κ2) is 8.31. The summed E-state index contributed by atoms with van der Waals surface area (Å²) in [4.78, 5) is 14.9. The van der Waals surface area contributed by atoms with Crippen molar-refractivity contribution in [2.45, 2.75) is 38.9 Å². The third-order valence-electron chi connectivity index (χ3n) is 5.54. The molecule has 8 heteroatoms. The number of hydrogen-bond acceptors (Lipinski definition) is 4. The minimum Gasteiger partial charge on any atom is -0.331 e. The van der Waals surface area contributed by atoms with Gasteiger partial charge in [-0.1, -0.05) is 24.3 Å². The molecule has 4 rings (SSSR count). The minimum atomic E-state index is -0.595. The van der Waals surface area contributed by atoms with Crippen LogP contribution in [0.25, 0.3) is 5.69 Å². The van der Waals surface area contributed by atoms with Gasteiger partial charge in [-0.05, 0) is 43.1 Å². The predicted molar refractivity (Wildman–Crippen MR) is 108 cm³/mol. The summed E-state index contributed by atoms with van der Waals surface area (Å²) in [5.41, 5.74) is 2.74. The van der Waals surface area contributed by atoms with E-state index in [4.69, 9.17) is 0 Å². The molecule has 0 saturated carbocycles. The second-order valence-electron chi connectivity index (χ2n) is 7.58. The number of fused-ring (bicyclic) bond motifs is 3. The van der Waals surface area contributed by atoms with Gasteiger partial charge in [0.2, 0.25) is 5.91 Å². The number of amides is 1. The van der Waals surface area contributed by atoms with Crippen LogP contribution in [0.2, 0.25) is 0 Å². The average Bonchev–Trinajstić information content (AvgIpc) is 3.13. The zero-order valence-electron chi connectivity index (χ0n) is 16.9. The number of rotatable bonds is 5. The fourth-order valence-electron chi connectivity index (χ4n) is 3.81. The molecule has 0 unspecified atom stereocenters. The van der Waals surface area contributed by atoms with Gasteiger partial charge in [-0.3, -0.25) is 9.36 Å². The summed E-state index contributed by atoms with van der Waals surface area (Å²) in [5.74, 6) is -0.544. The largest absolute Gasteiger partial charge is 0.331 e.